The van der Waals surface area contributed by atoms with E-state index in [2.05, 4.69) is 0 Å². The molecule has 0 radical (unpaired) electrons. The Balaban J connectivity index is 0.00000106. The number of carbonyl (C=O) groups is 2. The predicted molar refractivity (Wildman–Crippen MR) is 82.7 cm³/mol. The van der Waals surface area contributed by atoms with Gasteiger partial charge in [-0.25, -0.2) is 0 Å². The zero-order chi connectivity index (χ0) is 16.0. The van der Waals surface area contributed by atoms with Gasteiger partial charge in [-0.2, -0.15) is 0 Å². The molecule has 1 aromatic heterocycles. The quantitative estimate of drug-likeness (QED) is 0.822. The van der Waals surface area contributed by atoms with Crippen molar-refractivity contribution in [1.82, 2.24) is 0 Å². The van der Waals surface area contributed by atoms with Crippen molar-refractivity contribution in [1.29, 1.82) is 0 Å². The molecular formula is C14H15ClO5S. The van der Waals surface area contributed by atoms with Crippen molar-refractivity contribution in [3.63, 3.8) is 0 Å². The molecule has 5 nitrogen and oxygen atoms in total. The molecule has 7 heteroatoms. The summed E-state index contributed by atoms with van der Waals surface area (Å²) in [6, 6.07) is 5.24. The van der Waals surface area contributed by atoms with Gasteiger partial charge < -0.3 is 14.9 Å². The van der Waals surface area contributed by atoms with Crippen LogP contribution in [-0.2, 0) is 4.79 Å². The summed E-state index contributed by atoms with van der Waals surface area (Å²) in [6.07, 6.45) is -0.149. The predicted octanol–water partition coefficient (Wildman–Crippen LogP) is 3.22. The molecule has 0 atom stereocenters. The fraction of sp³-hybridized carbons (Fsp3) is 0.286. The average Bonchev–Trinajstić information content (AvgIpc) is 2.88. The minimum absolute atomic E-state index is 0.00697. The maximum atomic E-state index is 11.8. The van der Waals surface area contributed by atoms with E-state index in [0.29, 0.717) is 15.6 Å². The number of thiophene rings is 1. The summed E-state index contributed by atoms with van der Waals surface area (Å²) >= 11 is 7.33. The van der Waals surface area contributed by atoms with Gasteiger partial charge in [0.1, 0.15) is 5.75 Å². The molecule has 114 valence electrons. The van der Waals surface area contributed by atoms with Crippen LogP contribution in [0, 0.1) is 0 Å². The molecular weight excluding hydrogens is 316 g/mol. The summed E-state index contributed by atoms with van der Waals surface area (Å²) < 4.78 is 6.00. The fourth-order valence-corrected chi connectivity index (χ4v) is 2.97. The minimum Gasteiger partial charge on any atom is -0.495 e. The first kappa shape index (κ1) is 17.4. The molecule has 2 N–H and O–H groups in total. The average molecular weight is 331 g/mol. The second kappa shape index (κ2) is 7.97. The Morgan fingerprint density at radius 2 is 1.90 bits per heavy atom. The Morgan fingerprint density at radius 1 is 1.24 bits per heavy atom. The van der Waals surface area contributed by atoms with Crippen molar-refractivity contribution in [2.45, 2.75) is 12.8 Å². The van der Waals surface area contributed by atoms with Crippen molar-refractivity contribution >= 4 is 44.8 Å². The largest absolute Gasteiger partial charge is 0.495 e. The normalized spacial score (nSPS) is 9.90. The van der Waals surface area contributed by atoms with Crippen LogP contribution in [0.2, 0.25) is 5.02 Å². The highest BCUT2D eigenvalue weighted by Gasteiger charge is 2.13. The first-order valence-corrected chi connectivity index (χ1v) is 7.17. The van der Waals surface area contributed by atoms with Gasteiger partial charge in [-0.15, -0.1) is 11.3 Å². The summed E-state index contributed by atoms with van der Waals surface area (Å²) in [5, 5.41) is 16.9. The van der Waals surface area contributed by atoms with Gasteiger partial charge in [0.25, 0.3) is 0 Å². The smallest absolute Gasteiger partial charge is 0.303 e. The molecule has 21 heavy (non-hydrogen) atoms. The Hall–Kier alpha value is -1.63. The Morgan fingerprint density at radius 3 is 2.48 bits per heavy atom. The van der Waals surface area contributed by atoms with E-state index in [-0.39, 0.29) is 18.6 Å². The molecule has 0 saturated carbocycles. The van der Waals surface area contributed by atoms with E-state index < -0.39 is 5.97 Å². The van der Waals surface area contributed by atoms with Gasteiger partial charge >= 0.3 is 5.97 Å². The standard InChI is InChI=1S/C13H11ClO4S.CH4O/c1-18-10-6-11-7(4-8(10)14)5-12(19-11)9(15)2-3-13(16)17;1-2/h4-6H,2-3H2,1H3,(H,16,17);2H,1H3. The lowest BCUT2D eigenvalue weighted by atomic mass is 10.1. The molecule has 0 fully saturated rings. The Bertz CT molecular complexity index is 650. The summed E-state index contributed by atoms with van der Waals surface area (Å²) in [6.45, 7) is 0. The third-order valence-electron chi connectivity index (χ3n) is 2.63. The zero-order valence-corrected chi connectivity index (χ0v) is 13.1. The number of carboxylic acid groups (broad SMARTS) is 1. The lowest BCUT2D eigenvalue weighted by molar-refractivity contribution is -0.136. The van der Waals surface area contributed by atoms with E-state index in [0.717, 1.165) is 17.2 Å². The maximum Gasteiger partial charge on any atom is 0.303 e. The van der Waals surface area contributed by atoms with E-state index >= 15 is 0 Å². The van der Waals surface area contributed by atoms with Crippen LogP contribution in [0.3, 0.4) is 0 Å². The monoisotopic (exact) mass is 330 g/mol. The summed E-state index contributed by atoms with van der Waals surface area (Å²) in [5.74, 6) is -0.585. The van der Waals surface area contributed by atoms with Crippen molar-refractivity contribution in [2.24, 2.45) is 0 Å². The molecule has 1 heterocycles. The van der Waals surface area contributed by atoms with Crippen LogP contribution in [0.1, 0.15) is 22.5 Å². The number of ether oxygens (including phenoxy) is 1. The van der Waals surface area contributed by atoms with Gasteiger partial charge in [-0.1, -0.05) is 11.6 Å². The second-order valence-electron chi connectivity index (χ2n) is 3.95. The number of benzene rings is 1. The van der Waals surface area contributed by atoms with E-state index in [9.17, 15) is 9.59 Å². The number of hydrogen-bond acceptors (Lipinski definition) is 5. The maximum absolute atomic E-state index is 11.8. The van der Waals surface area contributed by atoms with Crippen molar-refractivity contribution < 1.29 is 24.5 Å². The van der Waals surface area contributed by atoms with Crippen LogP contribution in [0.25, 0.3) is 10.1 Å². The van der Waals surface area contributed by atoms with E-state index in [4.69, 9.17) is 26.6 Å². The van der Waals surface area contributed by atoms with E-state index in [1.807, 2.05) is 0 Å². The fourth-order valence-electron chi connectivity index (χ4n) is 1.68. The molecule has 1 aromatic carbocycles. The number of Topliss-reactive ketones (excluding diaryl/α,β-unsaturated/α-hetero) is 1. The van der Waals surface area contributed by atoms with Gasteiger partial charge in [0.05, 0.1) is 23.4 Å². The number of halogens is 1. The minimum atomic E-state index is -0.973. The molecule has 0 amide bonds. The molecule has 0 unspecified atom stereocenters. The van der Waals surface area contributed by atoms with Crippen molar-refractivity contribution in [3.05, 3.63) is 28.1 Å². The number of rotatable bonds is 5. The highest BCUT2D eigenvalue weighted by Crippen LogP contribution is 2.35. The first-order chi connectivity index (χ1) is 10.0. The number of aliphatic hydroxyl groups excluding tert-OH is 1. The summed E-state index contributed by atoms with van der Waals surface area (Å²) in [7, 11) is 2.53. The molecule has 0 aliphatic rings. The highest BCUT2D eigenvalue weighted by atomic mass is 35.5. The number of fused-ring (bicyclic) bond motifs is 1. The number of ketones is 1. The van der Waals surface area contributed by atoms with Gasteiger partial charge in [0.15, 0.2) is 5.78 Å². The SMILES string of the molecule is CO.COc1cc2sc(C(=O)CCC(=O)O)cc2cc1Cl. The molecule has 0 aliphatic heterocycles. The van der Waals surface area contributed by atoms with Gasteiger partial charge in [-0.05, 0) is 23.6 Å². The third-order valence-corrected chi connectivity index (χ3v) is 4.07. The number of carboxylic acids is 1. The number of methoxy groups -OCH3 is 1. The molecule has 2 rings (SSSR count). The molecule has 0 aliphatic carbocycles. The highest BCUT2D eigenvalue weighted by molar-refractivity contribution is 7.20. The van der Waals surface area contributed by atoms with E-state index in [1.54, 1.807) is 18.2 Å². The molecule has 0 spiro atoms. The van der Waals surface area contributed by atoms with Gasteiger partial charge in [0, 0.05) is 18.2 Å². The van der Waals surface area contributed by atoms with Crippen LogP contribution >= 0.6 is 22.9 Å². The van der Waals surface area contributed by atoms with Crippen LogP contribution in [0.5, 0.6) is 5.75 Å². The first-order valence-electron chi connectivity index (χ1n) is 5.98. The van der Waals surface area contributed by atoms with Crippen LogP contribution in [0.15, 0.2) is 18.2 Å². The summed E-state index contributed by atoms with van der Waals surface area (Å²) in [4.78, 5) is 22.8. The van der Waals surface area contributed by atoms with Gasteiger partial charge in [-0.3, -0.25) is 9.59 Å². The van der Waals surface area contributed by atoms with E-state index in [1.165, 1.54) is 18.4 Å². The zero-order valence-electron chi connectivity index (χ0n) is 11.6. The molecule has 2 aromatic rings. The van der Waals surface area contributed by atoms with Gasteiger partial charge in [0.2, 0.25) is 0 Å². The number of aliphatic carboxylic acids is 1. The molecule has 0 bridgehead atoms. The van der Waals surface area contributed by atoms with Crippen LogP contribution in [0.4, 0.5) is 0 Å². The van der Waals surface area contributed by atoms with Crippen molar-refractivity contribution in [2.75, 3.05) is 14.2 Å². The molecule has 0 saturated heterocycles. The lowest BCUT2D eigenvalue weighted by Gasteiger charge is -2.01. The second-order valence-corrected chi connectivity index (χ2v) is 5.44. The number of carbonyl (C=O) groups excluding carboxylic acids is 1. The van der Waals surface area contributed by atoms with Crippen molar-refractivity contribution in [3.8, 4) is 5.75 Å². The lowest BCUT2D eigenvalue weighted by Crippen LogP contribution is -2.01. The Labute approximate surface area is 130 Å². The van der Waals surface area contributed by atoms with Crippen LogP contribution < -0.4 is 4.74 Å². The number of aliphatic hydroxyl groups is 1. The topological polar surface area (TPSA) is 83.8 Å². The Kier molecular flexibility index (Phi) is 6.61. The number of hydrogen-bond donors (Lipinski definition) is 2. The third kappa shape index (κ3) is 4.42. The van der Waals surface area contributed by atoms with Crippen LogP contribution in [-0.4, -0.2) is 36.2 Å². The summed E-state index contributed by atoms with van der Waals surface area (Å²) in [5.41, 5.74) is 0.